The van der Waals surface area contributed by atoms with Gasteiger partial charge in [0.1, 0.15) is 0 Å². The van der Waals surface area contributed by atoms with Crippen molar-refractivity contribution in [3.63, 3.8) is 0 Å². The van der Waals surface area contributed by atoms with Gasteiger partial charge in [-0.3, -0.25) is 19.8 Å². The maximum atomic E-state index is 14.4. The van der Waals surface area contributed by atoms with Gasteiger partial charge in [-0.1, -0.05) is 72.3 Å². The number of carbonyl (C=O) groups excluding carboxylic acids is 1. The van der Waals surface area contributed by atoms with Crippen molar-refractivity contribution in [2.75, 3.05) is 56.5 Å². The van der Waals surface area contributed by atoms with Crippen LogP contribution in [0.15, 0.2) is 137 Å². The predicted octanol–water partition coefficient (Wildman–Crippen LogP) is 7.83. The highest BCUT2D eigenvalue weighted by Gasteiger charge is 2.34. The van der Waals surface area contributed by atoms with Gasteiger partial charge in [0.05, 0.1) is 9.82 Å². The van der Waals surface area contributed by atoms with Crippen molar-refractivity contribution in [2.24, 2.45) is 0 Å². The number of thioether (sulfide) groups is 1. The average molecular weight is 825 g/mol. The third-order valence-electron chi connectivity index (χ3n) is 10.4. The molecule has 0 unspecified atom stereocenters. The first kappa shape index (κ1) is 40.4. The summed E-state index contributed by atoms with van der Waals surface area (Å²) in [5.41, 5.74) is 7.37. The Morgan fingerprint density at radius 1 is 0.825 bits per heavy atom. The fourth-order valence-electron chi connectivity index (χ4n) is 7.01. The Hall–Kier alpha value is -4.76. The van der Waals surface area contributed by atoms with Crippen LogP contribution in [0, 0.1) is 10.1 Å². The maximum Gasteiger partial charge on any atom is 0.282 e. The van der Waals surface area contributed by atoms with Gasteiger partial charge in [0.15, 0.2) is 0 Å². The number of anilines is 1. The summed E-state index contributed by atoms with van der Waals surface area (Å²) in [5.74, 6) is -0.278. The van der Waals surface area contributed by atoms with E-state index >= 15 is 0 Å². The molecule has 0 saturated carbocycles. The second kappa shape index (κ2) is 18.7. The monoisotopic (exact) mass is 824 g/mol. The number of sulfonamides is 1. The SMILES string of the molecule is O=C(c1ccc(N2CCN(Cc3ccccc3-c3ccc(Cl)cc3)CC2)cc1)N(N[C@H](CCN1CCC1)CSc1ccccc1)S(=O)(=O)c1cccc([N+](=O)[O-])c1. The van der Waals surface area contributed by atoms with E-state index in [0.29, 0.717) is 21.6 Å². The zero-order chi connectivity index (χ0) is 39.8. The summed E-state index contributed by atoms with van der Waals surface area (Å²) in [7, 11) is -4.57. The van der Waals surface area contributed by atoms with Gasteiger partial charge in [0.2, 0.25) is 0 Å². The van der Waals surface area contributed by atoms with E-state index in [4.69, 9.17) is 11.6 Å². The second-order valence-electron chi connectivity index (χ2n) is 14.2. The molecule has 2 fully saturated rings. The molecule has 0 radical (unpaired) electrons. The summed E-state index contributed by atoms with van der Waals surface area (Å²) in [6, 6.07) is 37.5. The molecule has 1 N–H and O–H groups in total. The molecule has 5 aromatic carbocycles. The number of rotatable bonds is 16. The predicted molar refractivity (Wildman–Crippen MR) is 227 cm³/mol. The van der Waals surface area contributed by atoms with Crippen LogP contribution in [-0.2, 0) is 16.6 Å². The lowest BCUT2D eigenvalue weighted by Gasteiger charge is -2.36. The highest BCUT2D eigenvalue weighted by atomic mass is 35.5. The van der Waals surface area contributed by atoms with E-state index in [2.05, 4.69) is 44.4 Å². The summed E-state index contributed by atoms with van der Waals surface area (Å²) in [6.07, 6.45) is 1.71. The summed E-state index contributed by atoms with van der Waals surface area (Å²) in [5, 5.41) is 12.3. The number of nitro benzene ring substituents is 1. The molecule has 14 heteroatoms. The standard InChI is InChI=1S/C43H45ClN6O5S2/c44-36-18-14-33(15-19-36)42-13-5-4-8-35(42)31-47-26-28-48(29-27-47)38-20-16-34(17-21-38)43(51)49(57(54,55)41-12-6-9-39(30-41)50(52)53)45-37(22-25-46-23-7-24-46)32-56-40-10-2-1-3-11-40/h1-6,8-21,30,37,45H,7,22-29,31-32H2/t37-/m1/s1. The van der Waals surface area contributed by atoms with Gasteiger partial charge in [-0.05, 0) is 104 Å². The molecule has 2 heterocycles. The molecule has 0 aliphatic carbocycles. The Bertz CT molecular complexity index is 2250. The van der Waals surface area contributed by atoms with Crippen LogP contribution < -0.4 is 10.3 Å². The third-order valence-corrected chi connectivity index (χ3v) is 13.4. The molecule has 2 aliphatic rings. The van der Waals surface area contributed by atoms with E-state index in [1.165, 1.54) is 29.3 Å². The molecule has 5 aromatic rings. The minimum absolute atomic E-state index is 0.176. The van der Waals surface area contributed by atoms with Gasteiger partial charge in [-0.2, -0.15) is 12.8 Å². The number of likely N-dealkylation sites (tertiary alicyclic amines) is 1. The molecule has 1 atom stereocenters. The fraction of sp³-hybridized carbons (Fsp3) is 0.279. The van der Waals surface area contributed by atoms with Crippen LogP contribution in [0.3, 0.4) is 0 Å². The zero-order valence-electron chi connectivity index (χ0n) is 31.5. The third kappa shape index (κ3) is 10.2. The molecule has 0 aromatic heterocycles. The fourth-order valence-corrected chi connectivity index (χ4v) is 9.47. The Kier molecular flexibility index (Phi) is 13.2. The first-order valence-electron chi connectivity index (χ1n) is 19.1. The minimum Gasteiger partial charge on any atom is -0.369 e. The first-order valence-corrected chi connectivity index (χ1v) is 21.9. The van der Waals surface area contributed by atoms with Gasteiger partial charge in [0, 0.05) is 77.8 Å². The van der Waals surface area contributed by atoms with Gasteiger partial charge >= 0.3 is 0 Å². The van der Waals surface area contributed by atoms with Crippen LogP contribution in [-0.4, -0.2) is 91.1 Å². The molecule has 296 valence electrons. The quantitative estimate of drug-likeness (QED) is 0.0599. The van der Waals surface area contributed by atoms with Gasteiger partial charge in [-0.15, -0.1) is 11.8 Å². The number of hydrogen-bond acceptors (Lipinski definition) is 10. The number of nitrogens with zero attached hydrogens (tertiary/aromatic N) is 5. The molecule has 57 heavy (non-hydrogen) atoms. The van der Waals surface area contributed by atoms with E-state index in [0.717, 1.165) is 81.0 Å². The van der Waals surface area contributed by atoms with Gasteiger partial charge < -0.3 is 9.80 Å². The number of halogens is 1. The van der Waals surface area contributed by atoms with Crippen molar-refractivity contribution in [2.45, 2.75) is 35.2 Å². The van der Waals surface area contributed by atoms with Crippen molar-refractivity contribution in [3.05, 3.63) is 154 Å². The van der Waals surface area contributed by atoms with Crippen LogP contribution in [0.2, 0.25) is 5.02 Å². The van der Waals surface area contributed by atoms with Crippen molar-refractivity contribution < 1.29 is 18.1 Å². The highest BCUT2D eigenvalue weighted by molar-refractivity contribution is 7.99. The molecule has 11 nitrogen and oxygen atoms in total. The molecule has 0 spiro atoms. The number of carbonyl (C=O) groups is 1. The molecule has 0 bridgehead atoms. The van der Waals surface area contributed by atoms with Crippen molar-refractivity contribution in [1.29, 1.82) is 0 Å². The number of nitrogens with one attached hydrogen (secondary N) is 1. The van der Waals surface area contributed by atoms with E-state index in [9.17, 15) is 23.3 Å². The largest absolute Gasteiger partial charge is 0.369 e. The van der Waals surface area contributed by atoms with Crippen LogP contribution in [0.5, 0.6) is 0 Å². The normalized spacial score (nSPS) is 15.5. The Morgan fingerprint density at radius 3 is 2.21 bits per heavy atom. The topological polar surface area (TPSA) is 119 Å². The number of piperazine rings is 1. The van der Waals surface area contributed by atoms with Crippen LogP contribution in [0.4, 0.5) is 11.4 Å². The molecule has 2 saturated heterocycles. The highest BCUT2D eigenvalue weighted by Crippen LogP contribution is 2.28. The maximum absolute atomic E-state index is 14.4. The minimum atomic E-state index is -4.57. The average Bonchev–Trinajstić information content (AvgIpc) is 3.22. The van der Waals surface area contributed by atoms with E-state index in [1.807, 2.05) is 66.7 Å². The molecular weight excluding hydrogens is 780 g/mol. The van der Waals surface area contributed by atoms with Crippen LogP contribution >= 0.6 is 23.4 Å². The van der Waals surface area contributed by atoms with Crippen LogP contribution in [0.25, 0.3) is 11.1 Å². The van der Waals surface area contributed by atoms with Gasteiger partial charge in [0.25, 0.3) is 21.6 Å². The molecule has 1 amide bonds. The lowest BCUT2D eigenvalue weighted by atomic mass is 9.99. The number of hydrogen-bond donors (Lipinski definition) is 1. The van der Waals surface area contributed by atoms with Crippen LogP contribution in [0.1, 0.15) is 28.8 Å². The number of hydrazine groups is 1. The number of nitro groups is 1. The summed E-state index contributed by atoms with van der Waals surface area (Å²) >= 11 is 7.71. The van der Waals surface area contributed by atoms with E-state index in [-0.39, 0.29) is 16.1 Å². The molecule has 7 rings (SSSR count). The first-order chi connectivity index (χ1) is 27.6. The Labute approximate surface area is 343 Å². The summed E-state index contributed by atoms with van der Waals surface area (Å²) in [6.45, 7) is 6.75. The molecular formula is C43H45ClN6O5S2. The Balaban J connectivity index is 1.07. The number of benzene rings is 5. The molecule has 2 aliphatic heterocycles. The zero-order valence-corrected chi connectivity index (χ0v) is 33.8. The number of amides is 1. The van der Waals surface area contributed by atoms with Crippen molar-refractivity contribution in [3.8, 4) is 11.1 Å². The Morgan fingerprint density at radius 2 is 1.53 bits per heavy atom. The van der Waals surface area contributed by atoms with Crippen molar-refractivity contribution in [1.82, 2.24) is 19.6 Å². The lowest BCUT2D eigenvalue weighted by molar-refractivity contribution is -0.385. The van der Waals surface area contributed by atoms with Gasteiger partial charge in [-0.25, -0.2) is 5.43 Å². The number of non-ortho nitro benzene ring substituents is 1. The second-order valence-corrected chi connectivity index (χ2v) is 17.6. The summed E-state index contributed by atoms with van der Waals surface area (Å²) in [4.78, 5) is 33.0. The van der Waals surface area contributed by atoms with Crippen molar-refractivity contribution >= 4 is 50.7 Å². The lowest BCUT2D eigenvalue weighted by Crippen LogP contribution is -2.53. The van der Waals surface area contributed by atoms with E-state index < -0.39 is 26.9 Å². The smallest absolute Gasteiger partial charge is 0.282 e. The summed E-state index contributed by atoms with van der Waals surface area (Å²) < 4.78 is 29.3. The van der Waals surface area contributed by atoms with E-state index in [1.54, 1.807) is 23.9 Å².